The van der Waals surface area contributed by atoms with Crippen LogP contribution >= 0.6 is 0 Å². The molecule has 6 heteroatoms. The molecule has 1 aliphatic heterocycles. The molecule has 4 rings (SSSR count). The number of fused-ring (bicyclic) bond motifs is 2. The zero-order valence-corrected chi connectivity index (χ0v) is 13.1. The third-order valence-electron chi connectivity index (χ3n) is 5.83. The molecule has 1 aromatic rings. The number of amides is 1. The maximum absolute atomic E-state index is 12.4. The van der Waals surface area contributed by atoms with Gasteiger partial charge in [-0.1, -0.05) is 13.8 Å². The van der Waals surface area contributed by atoms with Gasteiger partial charge >= 0.3 is 0 Å². The maximum Gasteiger partial charge on any atom is 0.268 e. The second kappa shape index (κ2) is 3.91. The first-order valence-corrected chi connectivity index (χ1v) is 9.20. The molecule has 1 amide bonds. The van der Waals surface area contributed by atoms with E-state index in [-0.39, 0.29) is 17.7 Å². The van der Waals surface area contributed by atoms with Gasteiger partial charge in [0.1, 0.15) is 5.69 Å². The van der Waals surface area contributed by atoms with Crippen LogP contribution in [0.5, 0.6) is 0 Å². The Balaban J connectivity index is 1.48. The average molecular weight is 308 g/mol. The number of hydrogen-bond donors (Lipinski definition) is 2. The standard InChI is InChI=1S/C15H20N2O3S/c1-15(2)10-5-8(6-11(10)15)17-14(18)13-9-3-4-21(19,20)12(9)7-16-13/h7-8,10-11,16H,3-6H2,1-2H3,(H,17,18)/t8?,10-,11+. The third-order valence-corrected chi connectivity index (χ3v) is 7.61. The highest BCUT2D eigenvalue weighted by atomic mass is 32.2. The largest absolute Gasteiger partial charge is 0.356 e. The van der Waals surface area contributed by atoms with Crippen LogP contribution in [0.15, 0.2) is 11.1 Å². The molecule has 5 nitrogen and oxygen atoms in total. The van der Waals surface area contributed by atoms with Crippen LogP contribution in [0.3, 0.4) is 0 Å². The molecule has 1 aromatic heterocycles. The molecule has 0 spiro atoms. The molecular weight excluding hydrogens is 288 g/mol. The summed E-state index contributed by atoms with van der Waals surface area (Å²) in [5.74, 6) is 1.43. The van der Waals surface area contributed by atoms with Crippen molar-refractivity contribution in [1.29, 1.82) is 0 Å². The van der Waals surface area contributed by atoms with E-state index in [0.29, 0.717) is 28.0 Å². The van der Waals surface area contributed by atoms with Crippen LogP contribution in [0.1, 0.15) is 42.7 Å². The highest BCUT2D eigenvalue weighted by Crippen LogP contribution is 2.66. The number of H-pyrrole nitrogens is 1. The van der Waals surface area contributed by atoms with Crippen molar-refractivity contribution in [2.75, 3.05) is 5.75 Å². The van der Waals surface area contributed by atoms with E-state index in [1.165, 1.54) is 6.20 Å². The van der Waals surface area contributed by atoms with E-state index >= 15 is 0 Å². The number of nitrogens with one attached hydrogen (secondary N) is 2. The molecule has 2 N–H and O–H groups in total. The minimum absolute atomic E-state index is 0.119. The van der Waals surface area contributed by atoms with E-state index < -0.39 is 9.84 Å². The summed E-state index contributed by atoms with van der Waals surface area (Å²) in [4.78, 5) is 15.5. The normalized spacial score (nSPS) is 34.3. The topological polar surface area (TPSA) is 79.0 Å². The van der Waals surface area contributed by atoms with Crippen LogP contribution in [0.2, 0.25) is 0 Å². The van der Waals surface area contributed by atoms with E-state index in [0.717, 1.165) is 24.7 Å². The van der Waals surface area contributed by atoms with Crippen LogP contribution in [0.25, 0.3) is 0 Å². The number of rotatable bonds is 2. The first-order chi connectivity index (χ1) is 9.80. The Morgan fingerprint density at radius 2 is 2.00 bits per heavy atom. The van der Waals surface area contributed by atoms with Crippen molar-refractivity contribution < 1.29 is 13.2 Å². The third kappa shape index (κ3) is 1.81. The Morgan fingerprint density at radius 3 is 2.67 bits per heavy atom. The van der Waals surface area contributed by atoms with E-state index in [4.69, 9.17) is 0 Å². The lowest BCUT2D eigenvalue weighted by Crippen LogP contribution is -2.35. The number of carbonyl (C=O) groups excluding carboxylic acids is 1. The number of hydrogen-bond acceptors (Lipinski definition) is 3. The Morgan fingerprint density at radius 1 is 1.33 bits per heavy atom. The average Bonchev–Trinajstić information content (AvgIpc) is 2.90. The number of aromatic amines is 1. The van der Waals surface area contributed by atoms with Gasteiger partial charge in [0, 0.05) is 17.8 Å². The van der Waals surface area contributed by atoms with Crippen molar-refractivity contribution in [2.45, 2.75) is 44.0 Å². The van der Waals surface area contributed by atoms with Gasteiger partial charge in [-0.25, -0.2) is 8.42 Å². The van der Waals surface area contributed by atoms with Crippen molar-refractivity contribution >= 4 is 15.7 Å². The fraction of sp³-hybridized carbons (Fsp3) is 0.667. The van der Waals surface area contributed by atoms with Crippen LogP contribution in [0, 0.1) is 17.3 Å². The Bertz CT molecular complexity index is 718. The SMILES string of the molecule is CC1(C)[C@@H]2CC(NC(=O)c3[nH]cc4c3CCS4(=O)=O)C[C@@H]21. The predicted molar refractivity (Wildman–Crippen MR) is 77.8 cm³/mol. The lowest BCUT2D eigenvalue weighted by atomic mass is 9.97. The first kappa shape index (κ1) is 13.4. The molecule has 2 fully saturated rings. The van der Waals surface area contributed by atoms with Gasteiger partial charge in [0.25, 0.3) is 5.91 Å². The first-order valence-electron chi connectivity index (χ1n) is 7.54. The summed E-state index contributed by atoms with van der Waals surface area (Å²) >= 11 is 0. The molecular formula is C15H20N2O3S. The summed E-state index contributed by atoms with van der Waals surface area (Å²) < 4.78 is 23.6. The minimum atomic E-state index is -3.17. The molecule has 3 aliphatic rings. The molecule has 2 saturated carbocycles. The Hall–Kier alpha value is -1.30. The predicted octanol–water partition coefficient (Wildman–Crippen LogP) is 1.51. The molecule has 2 aliphatic carbocycles. The van der Waals surface area contributed by atoms with Gasteiger partial charge in [0.2, 0.25) is 0 Å². The highest BCUT2D eigenvalue weighted by Gasteiger charge is 2.62. The van der Waals surface area contributed by atoms with Gasteiger partial charge in [-0.3, -0.25) is 4.79 Å². The summed E-state index contributed by atoms with van der Waals surface area (Å²) in [5.41, 5.74) is 1.55. The summed E-state index contributed by atoms with van der Waals surface area (Å²) in [5, 5.41) is 3.07. The zero-order chi connectivity index (χ0) is 15.0. The molecule has 114 valence electrons. The molecule has 0 aromatic carbocycles. The van der Waals surface area contributed by atoms with Gasteiger partial charge in [0.15, 0.2) is 9.84 Å². The second-order valence-corrected chi connectivity index (χ2v) is 9.33. The van der Waals surface area contributed by atoms with Crippen molar-refractivity contribution in [3.05, 3.63) is 17.5 Å². The molecule has 21 heavy (non-hydrogen) atoms. The molecule has 0 radical (unpaired) electrons. The van der Waals surface area contributed by atoms with Crippen LogP contribution in [0.4, 0.5) is 0 Å². The number of carbonyl (C=O) groups is 1. The van der Waals surface area contributed by atoms with Gasteiger partial charge in [0.05, 0.1) is 10.6 Å². The maximum atomic E-state index is 12.4. The minimum Gasteiger partial charge on any atom is -0.356 e. The zero-order valence-electron chi connectivity index (χ0n) is 12.3. The molecule has 3 atom stereocenters. The molecule has 0 bridgehead atoms. The fourth-order valence-corrected chi connectivity index (χ4v) is 5.90. The van der Waals surface area contributed by atoms with E-state index in [1.54, 1.807) is 0 Å². The lowest BCUT2D eigenvalue weighted by molar-refractivity contribution is 0.0927. The molecule has 0 saturated heterocycles. The Labute approximate surface area is 124 Å². The smallest absolute Gasteiger partial charge is 0.268 e. The van der Waals surface area contributed by atoms with Crippen molar-refractivity contribution in [2.24, 2.45) is 17.3 Å². The van der Waals surface area contributed by atoms with Crippen LogP contribution in [-0.4, -0.2) is 31.1 Å². The van der Waals surface area contributed by atoms with Gasteiger partial charge in [-0.15, -0.1) is 0 Å². The van der Waals surface area contributed by atoms with Gasteiger partial charge in [-0.2, -0.15) is 0 Å². The summed E-state index contributed by atoms with van der Waals surface area (Å²) in [7, 11) is -3.17. The van der Waals surface area contributed by atoms with E-state index in [2.05, 4.69) is 24.1 Å². The molecule has 2 heterocycles. The van der Waals surface area contributed by atoms with E-state index in [1.807, 2.05) is 0 Å². The summed E-state index contributed by atoms with van der Waals surface area (Å²) in [6.07, 6.45) is 3.99. The number of aromatic nitrogens is 1. The second-order valence-electron chi connectivity index (χ2n) is 7.25. The quantitative estimate of drug-likeness (QED) is 0.869. The van der Waals surface area contributed by atoms with E-state index in [9.17, 15) is 13.2 Å². The highest BCUT2D eigenvalue weighted by molar-refractivity contribution is 7.91. The van der Waals surface area contributed by atoms with Gasteiger partial charge < -0.3 is 10.3 Å². The van der Waals surface area contributed by atoms with Crippen molar-refractivity contribution in [3.63, 3.8) is 0 Å². The van der Waals surface area contributed by atoms with Crippen molar-refractivity contribution in [3.8, 4) is 0 Å². The summed E-state index contributed by atoms with van der Waals surface area (Å²) in [6.45, 7) is 4.59. The number of sulfone groups is 1. The van der Waals surface area contributed by atoms with Crippen LogP contribution < -0.4 is 5.32 Å². The molecule has 1 unspecified atom stereocenters. The summed E-state index contributed by atoms with van der Waals surface area (Å²) in [6, 6.07) is 0.234. The van der Waals surface area contributed by atoms with Crippen molar-refractivity contribution in [1.82, 2.24) is 10.3 Å². The Kier molecular flexibility index (Phi) is 2.49. The van der Waals surface area contributed by atoms with Gasteiger partial charge in [-0.05, 0) is 36.5 Å². The van der Waals surface area contributed by atoms with Crippen LogP contribution in [-0.2, 0) is 16.3 Å². The lowest BCUT2D eigenvalue weighted by Gasteiger charge is -2.18. The monoisotopic (exact) mass is 308 g/mol. The fourth-order valence-electron chi connectivity index (χ4n) is 4.39.